The van der Waals surface area contributed by atoms with Crippen LogP contribution in [0.25, 0.3) is 0 Å². The molecule has 1 aliphatic rings. The fraction of sp³-hybridized carbons (Fsp3) is 0.400. The highest BCUT2D eigenvalue weighted by Gasteiger charge is 2.24. The molecule has 0 bridgehead atoms. The van der Waals surface area contributed by atoms with Crippen LogP contribution in [0.1, 0.15) is 12.8 Å². The number of H-pyrrole nitrogens is 1. The lowest BCUT2D eigenvalue weighted by Crippen LogP contribution is -2.47. The van der Waals surface area contributed by atoms with Crippen molar-refractivity contribution >= 4 is 27.5 Å². The first kappa shape index (κ1) is 14.0. The summed E-state index contributed by atoms with van der Waals surface area (Å²) in [7, 11) is -3.77. The van der Waals surface area contributed by atoms with Crippen molar-refractivity contribution in [3.8, 4) is 0 Å². The molecule has 1 amide bonds. The predicted molar refractivity (Wildman–Crippen MR) is 68.4 cm³/mol. The lowest BCUT2D eigenvalue weighted by atomic mass is 10.1. The van der Waals surface area contributed by atoms with E-state index in [1.165, 1.54) is 0 Å². The first-order valence-corrected chi connectivity index (χ1v) is 7.42. The van der Waals surface area contributed by atoms with E-state index in [0.717, 1.165) is 12.3 Å². The Morgan fingerprint density at radius 2 is 2.11 bits per heavy atom. The second-order valence-electron chi connectivity index (χ2n) is 4.17. The molecular formula is C10H12ClN3O4S. The highest BCUT2D eigenvalue weighted by molar-refractivity contribution is 7.89. The number of nitrogens with one attached hydrogen (secondary N) is 3. The summed E-state index contributed by atoms with van der Waals surface area (Å²) in [4.78, 5) is 24.2. The minimum absolute atomic E-state index is 0.0949. The summed E-state index contributed by atoms with van der Waals surface area (Å²) in [6, 6.07) is 0.720. The lowest BCUT2D eigenvalue weighted by molar-refractivity contribution is -0.122. The summed E-state index contributed by atoms with van der Waals surface area (Å²) in [6.07, 6.45) is 1.79. The molecule has 19 heavy (non-hydrogen) atoms. The molecule has 0 spiro atoms. The number of aromatic nitrogens is 1. The molecule has 1 unspecified atom stereocenters. The van der Waals surface area contributed by atoms with Gasteiger partial charge in [-0.05, 0) is 12.5 Å². The molecule has 1 aromatic heterocycles. The van der Waals surface area contributed by atoms with E-state index < -0.39 is 15.6 Å². The maximum Gasteiger partial charge on any atom is 0.266 e. The Morgan fingerprint density at radius 3 is 2.68 bits per heavy atom. The molecule has 0 saturated carbocycles. The van der Waals surface area contributed by atoms with Gasteiger partial charge in [-0.15, -0.1) is 0 Å². The van der Waals surface area contributed by atoms with Crippen LogP contribution in [0.4, 0.5) is 0 Å². The van der Waals surface area contributed by atoms with E-state index in [0.29, 0.717) is 6.42 Å². The lowest BCUT2D eigenvalue weighted by Gasteiger charge is -2.23. The Balaban J connectivity index is 2.16. The van der Waals surface area contributed by atoms with E-state index in [2.05, 4.69) is 15.0 Å². The molecule has 2 heterocycles. The van der Waals surface area contributed by atoms with Gasteiger partial charge in [0, 0.05) is 25.2 Å². The summed E-state index contributed by atoms with van der Waals surface area (Å²) < 4.78 is 26.5. The summed E-state index contributed by atoms with van der Waals surface area (Å²) in [5, 5.41) is 2.38. The first-order chi connectivity index (χ1) is 8.88. The monoisotopic (exact) mass is 305 g/mol. The van der Waals surface area contributed by atoms with Gasteiger partial charge in [-0.3, -0.25) is 9.59 Å². The minimum atomic E-state index is -3.77. The van der Waals surface area contributed by atoms with Crippen molar-refractivity contribution in [2.24, 2.45) is 0 Å². The molecule has 1 aliphatic heterocycles. The van der Waals surface area contributed by atoms with E-state index in [1.54, 1.807) is 0 Å². The maximum absolute atomic E-state index is 12.0. The zero-order chi connectivity index (χ0) is 14.0. The number of hydrogen-bond donors (Lipinski definition) is 3. The van der Waals surface area contributed by atoms with Crippen molar-refractivity contribution in [2.45, 2.75) is 23.8 Å². The highest BCUT2D eigenvalue weighted by Crippen LogP contribution is 2.13. The number of amides is 1. The number of carbonyl (C=O) groups excluding carboxylic acids is 1. The molecule has 1 fully saturated rings. The SMILES string of the molecule is O=C1CCC(NS(=O)(=O)c2c[nH]c(=O)c(Cl)c2)CN1. The Labute approximate surface area is 114 Å². The third-order valence-corrected chi connectivity index (χ3v) is 4.51. The fourth-order valence-electron chi connectivity index (χ4n) is 1.71. The van der Waals surface area contributed by atoms with E-state index >= 15 is 0 Å². The number of sulfonamides is 1. The summed E-state index contributed by atoms with van der Waals surface area (Å²) in [5.74, 6) is -0.0949. The van der Waals surface area contributed by atoms with Gasteiger partial charge in [-0.1, -0.05) is 11.6 Å². The van der Waals surface area contributed by atoms with Crippen molar-refractivity contribution in [3.05, 3.63) is 27.6 Å². The summed E-state index contributed by atoms with van der Waals surface area (Å²) in [6.45, 7) is 0.245. The Morgan fingerprint density at radius 1 is 1.37 bits per heavy atom. The number of aromatic amines is 1. The van der Waals surface area contributed by atoms with Crippen LogP contribution in [0.3, 0.4) is 0 Å². The van der Waals surface area contributed by atoms with Crippen LogP contribution >= 0.6 is 11.6 Å². The van der Waals surface area contributed by atoms with E-state index in [1.807, 2.05) is 0 Å². The number of rotatable bonds is 3. The topological polar surface area (TPSA) is 108 Å². The van der Waals surface area contributed by atoms with Gasteiger partial charge in [0.25, 0.3) is 5.56 Å². The normalized spacial score (nSPS) is 20.1. The molecule has 1 aromatic rings. The van der Waals surface area contributed by atoms with E-state index in [9.17, 15) is 18.0 Å². The van der Waals surface area contributed by atoms with Gasteiger partial charge in [-0.25, -0.2) is 13.1 Å². The van der Waals surface area contributed by atoms with E-state index in [-0.39, 0.29) is 34.8 Å². The molecule has 3 N–H and O–H groups in total. The number of pyridine rings is 1. The average molecular weight is 306 g/mol. The van der Waals surface area contributed by atoms with Crippen LogP contribution in [0, 0.1) is 0 Å². The second-order valence-corrected chi connectivity index (χ2v) is 6.29. The van der Waals surface area contributed by atoms with Gasteiger partial charge in [0.05, 0.1) is 4.90 Å². The van der Waals surface area contributed by atoms with Crippen molar-refractivity contribution in [2.75, 3.05) is 6.54 Å². The van der Waals surface area contributed by atoms with Crippen molar-refractivity contribution in [3.63, 3.8) is 0 Å². The fourth-order valence-corrected chi connectivity index (χ4v) is 3.21. The molecule has 1 saturated heterocycles. The molecule has 7 nitrogen and oxygen atoms in total. The number of piperidine rings is 1. The smallest absolute Gasteiger partial charge is 0.266 e. The molecule has 1 atom stereocenters. The number of hydrogen-bond acceptors (Lipinski definition) is 4. The van der Waals surface area contributed by atoms with Crippen LogP contribution in [0.2, 0.25) is 5.02 Å². The Kier molecular flexibility index (Phi) is 3.93. The molecule has 0 radical (unpaired) electrons. The summed E-state index contributed by atoms with van der Waals surface area (Å²) >= 11 is 5.59. The van der Waals surface area contributed by atoms with E-state index in [4.69, 9.17) is 11.6 Å². The zero-order valence-corrected chi connectivity index (χ0v) is 11.3. The van der Waals surface area contributed by atoms with Crippen LogP contribution in [0.5, 0.6) is 0 Å². The predicted octanol–water partition coefficient (Wildman–Crippen LogP) is -0.415. The summed E-state index contributed by atoms with van der Waals surface area (Å²) in [5.41, 5.74) is -0.550. The highest BCUT2D eigenvalue weighted by atomic mass is 35.5. The minimum Gasteiger partial charge on any atom is -0.355 e. The van der Waals surface area contributed by atoms with Gasteiger partial charge in [0.2, 0.25) is 15.9 Å². The van der Waals surface area contributed by atoms with Gasteiger partial charge < -0.3 is 10.3 Å². The Hall–Kier alpha value is -1.38. The molecule has 0 aliphatic carbocycles. The van der Waals surface area contributed by atoms with Gasteiger partial charge >= 0.3 is 0 Å². The third kappa shape index (κ3) is 3.34. The maximum atomic E-state index is 12.0. The van der Waals surface area contributed by atoms with Crippen LogP contribution < -0.4 is 15.6 Å². The Bertz CT molecular complexity index is 645. The van der Waals surface area contributed by atoms with Crippen molar-refractivity contribution in [1.29, 1.82) is 0 Å². The van der Waals surface area contributed by atoms with Crippen molar-refractivity contribution < 1.29 is 13.2 Å². The quantitative estimate of drug-likeness (QED) is 0.705. The van der Waals surface area contributed by atoms with Gasteiger partial charge in [0.1, 0.15) is 5.02 Å². The molecule has 9 heteroatoms. The van der Waals surface area contributed by atoms with Crippen LogP contribution in [0.15, 0.2) is 22.0 Å². The van der Waals surface area contributed by atoms with Crippen LogP contribution in [-0.4, -0.2) is 31.9 Å². The van der Waals surface area contributed by atoms with Crippen LogP contribution in [-0.2, 0) is 14.8 Å². The second kappa shape index (κ2) is 5.32. The van der Waals surface area contributed by atoms with Gasteiger partial charge in [0.15, 0.2) is 0 Å². The molecular weight excluding hydrogens is 294 g/mol. The average Bonchev–Trinajstić information content (AvgIpc) is 2.35. The van der Waals surface area contributed by atoms with Crippen molar-refractivity contribution in [1.82, 2.24) is 15.0 Å². The standard InChI is InChI=1S/C10H12ClN3O4S/c11-8-3-7(5-13-10(8)16)19(17,18)14-6-1-2-9(15)12-4-6/h3,5-6,14H,1-2,4H2,(H,12,15)(H,13,16). The third-order valence-electron chi connectivity index (χ3n) is 2.73. The largest absolute Gasteiger partial charge is 0.355 e. The molecule has 104 valence electrons. The molecule has 2 rings (SSSR count). The van der Waals surface area contributed by atoms with Gasteiger partial charge in [-0.2, -0.15) is 0 Å². The first-order valence-electron chi connectivity index (χ1n) is 5.56. The number of halogens is 1. The molecule has 0 aromatic carbocycles. The number of carbonyl (C=O) groups is 1. The zero-order valence-electron chi connectivity index (χ0n) is 9.77.